The monoisotopic (exact) mass is 214 g/mol. The molecule has 0 aliphatic heterocycles. The first-order chi connectivity index (χ1) is 7.19. The van der Waals surface area contributed by atoms with Crippen molar-refractivity contribution in [2.45, 2.75) is 19.3 Å². The summed E-state index contributed by atoms with van der Waals surface area (Å²) in [5, 5.41) is 0. The van der Waals surface area contributed by atoms with Gasteiger partial charge in [0.15, 0.2) is 11.6 Å². The Morgan fingerprint density at radius 3 is 2.60 bits per heavy atom. The fraction of sp³-hybridized carbons (Fsp3) is 0.364. The zero-order valence-electron chi connectivity index (χ0n) is 8.43. The third-order valence-electron chi connectivity index (χ3n) is 2.09. The van der Waals surface area contributed by atoms with Crippen LogP contribution in [-0.2, 0) is 11.2 Å². The lowest BCUT2D eigenvalue weighted by atomic mass is 10.1. The molecule has 0 aliphatic rings. The third-order valence-corrected chi connectivity index (χ3v) is 2.09. The minimum atomic E-state index is -0.925. The molecule has 0 saturated carbocycles. The van der Waals surface area contributed by atoms with Crippen molar-refractivity contribution in [1.82, 2.24) is 0 Å². The number of carbonyl (C=O) groups is 1. The van der Waals surface area contributed by atoms with Gasteiger partial charge in [0.2, 0.25) is 0 Å². The van der Waals surface area contributed by atoms with E-state index in [-0.39, 0.29) is 0 Å². The number of aldehydes is 1. The fourth-order valence-corrected chi connectivity index (χ4v) is 1.33. The van der Waals surface area contributed by atoms with E-state index in [1.54, 1.807) is 0 Å². The molecule has 0 fully saturated rings. The van der Waals surface area contributed by atoms with Gasteiger partial charge in [0.1, 0.15) is 12.0 Å². The molecule has 0 bridgehead atoms. The predicted octanol–water partition coefficient (Wildman–Crippen LogP) is 2.50. The second kappa shape index (κ2) is 5.44. The predicted molar refractivity (Wildman–Crippen MR) is 51.9 cm³/mol. The maximum atomic E-state index is 12.9. The van der Waals surface area contributed by atoms with Crippen LogP contribution < -0.4 is 4.74 Å². The van der Waals surface area contributed by atoms with Crippen LogP contribution in [0.4, 0.5) is 8.78 Å². The highest BCUT2D eigenvalue weighted by molar-refractivity contribution is 5.49. The van der Waals surface area contributed by atoms with E-state index in [1.807, 2.05) is 0 Å². The van der Waals surface area contributed by atoms with Crippen LogP contribution >= 0.6 is 0 Å². The number of aryl methyl sites for hydroxylation is 1. The van der Waals surface area contributed by atoms with Crippen molar-refractivity contribution in [2.24, 2.45) is 0 Å². The highest BCUT2D eigenvalue weighted by atomic mass is 19.2. The topological polar surface area (TPSA) is 26.3 Å². The Hall–Kier alpha value is -1.45. The summed E-state index contributed by atoms with van der Waals surface area (Å²) in [6, 6.07) is 2.13. The normalized spacial score (nSPS) is 10.1. The van der Waals surface area contributed by atoms with Crippen molar-refractivity contribution in [3.63, 3.8) is 0 Å². The molecule has 0 saturated heterocycles. The molecule has 0 aromatic heterocycles. The van der Waals surface area contributed by atoms with Crippen molar-refractivity contribution in [3.8, 4) is 5.75 Å². The van der Waals surface area contributed by atoms with E-state index in [1.165, 1.54) is 7.11 Å². The number of hydrogen-bond donors (Lipinski definition) is 0. The standard InChI is InChI=1S/C11H12F2O2/c1-15-11-7-10(13)9(12)6-8(11)4-2-3-5-14/h5-7H,2-4H2,1H3. The average molecular weight is 214 g/mol. The first-order valence-electron chi connectivity index (χ1n) is 4.64. The van der Waals surface area contributed by atoms with Gasteiger partial charge >= 0.3 is 0 Å². The van der Waals surface area contributed by atoms with Crippen LogP contribution in [0.2, 0.25) is 0 Å². The number of ether oxygens (including phenoxy) is 1. The minimum absolute atomic E-state index is 0.319. The first kappa shape index (κ1) is 11.6. The van der Waals surface area contributed by atoms with Crippen molar-refractivity contribution in [1.29, 1.82) is 0 Å². The van der Waals surface area contributed by atoms with Gasteiger partial charge in [0.25, 0.3) is 0 Å². The van der Waals surface area contributed by atoms with E-state index >= 15 is 0 Å². The highest BCUT2D eigenvalue weighted by Crippen LogP contribution is 2.23. The maximum absolute atomic E-state index is 12.9. The third kappa shape index (κ3) is 3.01. The van der Waals surface area contributed by atoms with Crippen molar-refractivity contribution in [2.75, 3.05) is 7.11 Å². The summed E-state index contributed by atoms with van der Waals surface area (Å²) in [4.78, 5) is 10.1. The van der Waals surface area contributed by atoms with Gasteiger partial charge in [-0.05, 0) is 24.5 Å². The molecule has 0 radical (unpaired) electrons. The number of benzene rings is 1. The van der Waals surface area contributed by atoms with Crippen LogP contribution in [0, 0.1) is 11.6 Å². The minimum Gasteiger partial charge on any atom is -0.496 e. The van der Waals surface area contributed by atoms with Gasteiger partial charge in [-0.3, -0.25) is 0 Å². The summed E-state index contributed by atoms with van der Waals surface area (Å²) in [5.74, 6) is -1.50. The van der Waals surface area contributed by atoms with E-state index in [4.69, 9.17) is 4.74 Å². The summed E-state index contributed by atoms with van der Waals surface area (Å²) < 4.78 is 30.6. The van der Waals surface area contributed by atoms with Gasteiger partial charge in [-0.2, -0.15) is 0 Å². The van der Waals surface area contributed by atoms with Crippen LogP contribution in [0.5, 0.6) is 5.75 Å². The molecule has 0 spiro atoms. The highest BCUT2D eigenvalue weighted by Gasteiger charge is 2.09. The van der Waals surface area contributed by atoms with Crippen LogP contribution in [-0.4, -0.2) is 13.4 Å². The van der Waals surface area contributed by atoms with Crippen molar-refractivity contribution < 1.29 is 18.3 Å². The van der Waals surface area contributed by atoms with Gasteiger partial charge in [0.05, 0.1) is 7.11 Å². The molecule has 0 atom stereocenters. The number of hydrogen-bond acceptors (Lipinski definition) is 2. The number of methoxy groups -OCH3 is 1. The van der Waals surface area contributed by atoms with Gasteiger partial charge in [-0.1, -0.05) is 0 Å². The Morgan fingerprint density at radius 1 is 1.33 bits per heavy atom. The van der Waals surface area contributed by atoms with Gasteiger partial charge in [0, 0.05) is 12.5 Å². The number of halogens is 2. The van der Waals surface area contributed by atoms with Crippen molar-refractivity contribution >= 4 is 6.29 Å². The lowest BCUT2D eigenvalue weighted by Gasteiger charge is -2.08. The summed E-state index contributed by atoms with van der Waals surface area (Å²) in [6.45, 7) is 0. The number of carbonyl (C=O) groups excluding carboxylic acids is 1. The van der Waals surface area contributed by atoms with Crippen LogP contribution in [0.1, 0.15) is 18.4 Å². The molecular weight excluding hydrogens is 202 g/mol. The van der Waals surface area contributed by atoms with E-state index in [2.05, 4.69) is 0 Å². The van der Waals surface area contributed by atoms with Gasteiger partial charge in [-0.25, -0.2) is 8.78 Å². The largest absolute Gasteiger partial charge is 0.496 e. The fourth-order valence-electron chi connectivity index (χ4n) is 1.33. The quantitative estimate of drug-likeness (QED) is 0.556. The maximum Gasteiger partial charge on any atom is 0.162 e. The number of rotatable bonds is 5. The molecule has 82 valence electrons. The Labute approximate surface area is 86.9 Å². The molecule has 0 amide bonds. The summed E-state index contributed by atoms with van der Waals surface area (Å²) in [5.41, 5.74) is 0.582. The molecule has 1 rings (SSSR count). The second-order valence-electron chi connectivity index (χ2n) is 3.14. The summed E-state index contributed by atoms with van der Waals surface area (Å²) in [6.07, 6.45) is 2.30. The molecule has 0 N–H and O–H groups in total. The Morgan fingerprint density at radius 2 is 2.00 bits per heavy atom. The van der Waals surface area contributed by atoms with Crippen LogP contribution in [0.15, 0.2) is 12.1 Å². The van der Waals surface area contributed by atoms with Gasteiger partial charge in [-0.15, -0.1) is 0 Å². The average Bonchev–Trinajstić information content (AvgIpc) is 2.23. The van der Waals surface area contributed by atoms with E-state index < -0.39 is 11.6 Å². The van der Waals surface area contributed by atoms with E-state index in [0.29, 0.717) is 30.6 Å². The molecular formula is C11H12F2O2. The number of unbranched alkanes of at least 4 members (excludes halogenated alkanes) is 1. The molecule has 1 aromatic carbocycles. The summed E-state index contributed by atoms with van der Waals surface area (Å²) >= 11 is 0. The second-order valence-corrected chi connectivity index (χ2v) is 3.14. The lowest BCUT2D eigenvalue weighted by Crippen LogP contribution is -1.96. The lowest BCUT2D eigenvalue weighted by molar-refractivity contribution is -0.107. The zero-order chi connectivity index (χ0) is 11.3. The molecule has 4 heteroatoms. The van der Waals surface area contributed by atoms with Crippen LogP contribution in [0.25, 0.3) is 0 Å². The zero-order valence-corrected chi connectivity index (χ0v) is 8.43. The molecule has 0 unspecified atom stereocenters. The SMILES string of the molecule is COc1cc(F)c(F)cc1CCCC=O. The molecule has 0 aliphatic carbocycles. The first-order valence-corrected chi connectivity index (χ1v) is 4.64. The molecule has 15 heavy (non-hydrogen) atoms. The summed E-state index contributed by atoms with van der Waals surface area (Å²) in [7, 11) is 1.40. The van der Waals surface area contributed by atoms with Gasteiger partial charge < -0.3 is 9.53 Å². The smallest absolute Gasteiger partial charge is 0.162 e. The van der Waals surface area contributed by atoms with Crippen LogP contribution in [0.3, 0.4) is 0 Å². The van der Waals surface area contributed by atoms with E-state index in [9.17, 15) is 13.6 Å². The Bertz CT molecular complexity index is 351. The molecule has 2 nitrogen and oxygen atoms in total. The Kier molecular flexibility index (Phi) is 4.21. The Balaban J connectivity index is 2.84. The molecule has 1 aromatic rings. The molecule has 0 heterocycles. The van der Waals surface area contributed by atoms with E-state index in [0.717, 1.165) is 18.4 Å². The van der Waals surface area contributed by atoms with Crippen molar-refractivity contribution in [3.05, 3.63) is 29.3 Å².